The summed E-state index contributed by atoms with van der Waals surface area (Å²) >= 11 is 0. The highest BCUT2D eigenvalue weighted by atomic mass is 16.1. The van der Waals surface area contributed by atoms with Crippen LogP contribution in [0.25, 0.3) is 10.8 Å². The van der Waals surface area contributed by atoms with Gasteiger partial charge in [-0.1, -0.05) is 36.4 Å². The van der Waals surface area contributed by atoms with Crippen LogP contribution in [0.2, 0.25) is 0 Å². The molecule has 0 heterocycles. The van der Waals surface area contributed by atoms with Crippen LogP contribution in [0.5, 0.6) is 0 Å². The number of aryl methyl sites for hydroxylation is 1. The highest BCUT2D eigenvalue weighted by molar-refractivity contribution is 5.91. The first kappa shape index (κ1) is 9.91. The first-order chi connectivity index (χ1) is 7.18. The minimum Gasteiger partial charge on any atom is -0.300 e. The Morgan fingerprint density at radius 3 is 2.60 bits per heavy atom. The molecule has 0 saturated heterocycles. The molecule has 0 N–H and O–H groups in total. The molecule has 0 aliphatic carbocycles. The van der Waals surface area contributed by atoms with E-state index in [2.05, 4.69) is 31.2 Å². The first-order valence-corrected chi connectivity index (χ1v) is 5.15. The zero-order valence-corrected chi connectivity index (χ0v) is 9.08. The third-order valence-electron chi connectivity index (χ3n) is 2.70. The maximum Gasteiger partial charge on any atom is 0.134 e. The fourth-order valence-electron chi connectivity index (χ4n) is 1.93. The van der Waals surface area contributed by atoms with Crippen LogP contribution in [0.4, 0.5) is 0 Å². The summed E-state index contributed by atoms with van der Waals surface area (Å²) in [6.45, 7) is 3.70. The summed E-state index contributed by atoms with van der Waals surface area (Å²) in [5.41, 5.74) is 2.37. The van der Waals surface area contributed by atoms with Crippen molar-refractivity contribution in [3.05, 3.63) is 47.5 Å². The van der Waals surface area contributed by atoms with E-state index in [1.54, 1.807) is 6.92 Å². The molecule has 0 aliphatic rings. The van der Waals surface area contributed by atoms with Crippen LogP contribution in [0.3, 0.4) is 0 Å². The lowest BCUT2D eigenvalue weighted by molar-refractivity contribution is -0.116. The monoisotopic (exact) mass is 198 g/mol. The number of ketones is 1. The Bertz CT molecular complexity index is 512. The molecule has 0 bridgehead atoms. The van der Waals surface area contributed by atoms with Crippen LogP contribution < -0.4 is 0 Å². The predicted octanol–water partition coefficient (Wildman–Crippen LogP) is 3.28. The molecule has 2 aromatic carbocycles. The third-order valence-corrected chi connectivity index (χ3v) is 2.70. The maximum absolute atomic E-state index is 11.2. The Hall–Kier alpha value is -1.63. The molecule has 0 amide bonds. The highest BCUT2D eigenvalue weighted by Gasteiger charge is 2.06. The van der Waals surface area contributed by atoms with Gasteiger partial charge in [-0.15, -0.1) is 0 Å². The van der Waals surface area contributed by atoms with Gasteiger partial charge in [0, 0.05) is 6.42 Å². The molecular weight excluding hydrogens is 184 g/mol. The molecule has 0 atom stereocenters. The maximum atomic E-state index is 11.2. The van der Waals surface area contributed by atoms with Crippen LogP contribution in [0.15, 0.2) is 36.4 Å². The van der Waals surface area contributed by atoms with Gasteiger partial charge in [0.25, 0.3) is 0 Å². The molecule has 0 aromatic heterocycles. The number of Topliss-reactive ketones (excluding diaryl/α,β-unsaturated/α-hetero) is 1. The molecule has 0 aliphatic heterocycles. The largest absolute Gasteiger partial charge is 0.300 e. The van der Waals surface area contributed by atoms with E-state index >= 15 is 0 Å². The smallest absolute Gasteiger partial charge is 0.134 e. The molecule has 0 fully saturated rings. The van der Waals surface area contributed by atoms with Crippen LogP contribution in [-0.2, 0) is 11.2 Å². The first-order valence-electron chi connectivity index (χ1n) is 5.15. The summed E-state index contributed by atoms with van der Waals surface area (Å²) in [5.74, 6) is 0.217. The van der Waals surface area contributed by atoms with E-state index in [1.807, 2.05) is 12.1 Å². The van der Waals surface area contributed by atoms with Crippen molar-refractivity contribution in [1.29, 1.82) is 0 Å². The van der Waals surface area contributed by atoms with E-state index in [1.165, 1.54) is 21.9 Å². The van der Waals surface area contributed by atoms with Gasteiger partial charge < -0.3 is 0 Å². The number of hydrogen-bond acceptors (Lipinski definition) is 1. The lowest BCUT2D eigenvalue weighted by Crippen LogP contribution is -1.99. The topological polar surface area (TPSA) is 17.1 Å². The van der Waals surface area contributed by atoms with Gasteiger partial charge in [0.05, 0.1) is 0 Å². The van der Waals surface area contributed by atoms with E-state index in [-0.39, 0.29) is 5.78 Å². The van der Waals surface area contributed by atoms with Crippen LogP contribution in [0, 0.1) is 6.92 Å². The number of carbonyl (C=O) groups is 1. The molecule has 0 saturated carbocycles. The lowest BCUT2D eigenvalue weighted by Gasteiger charge is -2.08. The summed E-state index contributed by atoms with van der Waals surface area (Å²) in [5, 5.41) is 2.41. The van der Waals surface area contributed by atoms with E-state index in [0.717, 1.165) is 0 Å². The average molecular weight is 198 g/mol. The van der Waals surface area contributed by atoms with Gasteiger partial charge in [0.1, 0.15) is 5.78 Å². The fourth-order valence-corrected chi connectivity index (χ4v) is 1.93. The predicted molar refractivity (Wildman–Crippen MR) is 63.1 cm³/mol. The Kier molecular flexibility index (Phi) is 2.55. The fraction of sp³-hybridized carbons (Fsp3) is 0.214. The Labute approximate surface area is 89.7 Å². The molecular formula is C14H14O. The minimum absolute atomic E-state index is 0.217. The molecule has 2 aromatic rings. The quantitative estimate of drug-likeness (QED) is 0.723. The molecule has 1 heteroatoms. The van der Waals surface area contributed by atoms with Gasteiger partial charge in [0.15, 0.2) is 0 Å². The second-order valence-electron chi connectivity index (χ2n) is 3.96. The lowest BCUT2D eigenvalue weighted by atomic mass is 9.96. The average Bonchev–Trinajstić information content (AvgIpc) is 2.22. The molecule has 1 nitrogen and oxygen atoms in total. The number of hydrogen-bond donors (Lipinski definition) is 0. The Morgan fingerprint density at radius 2 is 1.87 bits per heavy atom. The number of fused-ring (bicyclic) bond motifs is 1. The zero-order valence-electron chi connectivity index (χ0n) is 9.08. The van der Waals surface area contributed by atoms with Crippen LogP contribution in [0.1, 0.15) is 18.1 Å². The molecule has 0 radical (unpaired) electrons. The summed E-state index contributed by atoms with van der Waals surface area (Å²) in [6.07, 6.45) is 0.535. The van der Waals surface area contributed by atoms with Crippen molar-refractivity contribution in [2.45, 2.75) is 20.3 Å². The van der Waals surface area contributed by atoms with Crippen LogP contribution >= 0.6 is 0 Å². The number of carbonyl (C=O) groups excluding carboxylic acids is 1. The Morgan fingerprint density at radius 1 is 1.13 bits per heavy atom. The van der Waals surface area contributed by atoms with Crippen molar-refractivity contribution in [3.63, 3.8) is 0 Å². The van der Waals surface area contributed by atoms with E-state index in [9.17, 15) is 4.79 Å². The van der Waals surface area contributed by atoms with E-state index in [0.29, 0.717) is 6.42 Å². The van der Waals surface area contributed by atoms with Crippen molar-refractivity contribution in [3.8, 4) is 0 Å². The van der Waals surface area contributed by atoms with Crippen molar-refractivity contribution in [2.24, 2.45) is 0 Å². The van der Waals surface area contributed by atoms with Crippen molar-refractivity contribution < 1.29 is 4.79 Å². The third kappa shape index (κ3) is 1.91. The second kappa shape index (κ2) is 3.85. The van der Waals surface area contributed by atoms with E-state index < -0.39 is 0 Å². The van der Waals surface area contributed by atoms with Gasteiger partial charge in [-0.3, -0.25) is 4.79 Å². The molecule has 76 valence electrons. The molecule has 0 unspecified atom stereocenters. The molecule has 15 heavy (non-hydrogen) atoms. The number of benzene rings is 2. The van der Waals surface area contributed by atoms with Crippen molar-refractivity contribution in [2.75, 3.05) is 0 Å². The summed E-state index contributed by atoms with van der Waals surface area (Å²) in [4.78, 5) is 11.2. The Balaban J connectivity index is 2.68. The van der Waals surface area contributed by atoms with Gasteiger partial charge in [-0.25, -0.2) is 0 Å². The molecule has 2 rings (SSSR count). The minimum atomic E-state index is 0.217. The van der Waals surface area contributed by atoms with Gasteiger partial charge in [0.2, 0.25) is 0 Å². The van der Waals surface area contributed by atoms with Gasteiger partial charge in [-0.05, 0) is 35.7 Å². The molecule has 0 spiro atoms. The van der Waals surface area contributed by atoms with Crippen molar-refractivity contribution >= 4 is 16.6 Å². The summed E-state index contributed by atoms with van der Waals surface area (Å²) < 4.78 is 0. The standard InChI is InChI=1S/C14H14O/c1-10-7-8-12-5-3-4-6-13(12)14(10)9-11(2)15/h3-8H,9H2,1-2H3. The van der Waals surface area contributed by atoms with Gasteiger partial charge in [-0.2, -0.15) is 0 Å². The normalized spacial score (nSPS) is 10.5. The SMILES string of the molecule is CC(=O)Cc1c(C)ccc2ccccc12. The summed E-state index contributed by atoms with van der Waals surface area (Å²) in [7, 11) is 0. The zero-order chi connectivity index (χ0) is 10.8. The summed E-state index contributed by atoms with van der Waals surface area (Å²) in [6, 6.07) is 12.4. The second-order valence-corrected chi connectivity index (χ2v) is 3.96. The van der Waals surface area contributed by atoms with Crippen molar-refractivity contribution in [1.82, 2.24) is 0 Å². The van der Waals surface area contributed by atoms with Gasteiger partial charge >= 0.3 is 0 Å². The van der Waals surface area contributed by atoms with E-state index in [4.69, 9.17) is 0 Å². The number of rotatable bonds is 2. The highest BCUT2D eigenvalue weighted by Crippen LogP contribution is 2.22. The van der Waals surface area contributed by atoms with Crippen LogP contribution in [-0.4, -0.2) is 5.78 Å².